The molecular formula is C14H22N2O3S. The molecule has 1 fully saturated rings. The predicted octanol–water partition coefficient (Wildman–Crippen LogP) is 0.944. The van der Waals surface area contributed by atoms with Gasteiger partial charge in [0.15, 0.2) is 0 Å². The third-order valence-corrected chi connectivity index (χ3v) is 4.38. The van der Waals surface area contributed by atoms with Gasteiger partial charge in [0.25, 0.3) is 0 Å². The molecule has 0 radical (unpaired) electrons. The van der Waals surface area contributed by atoms with Crippen molar-refractivity contribution in [1.29, 1.82) is 0 Å². The smallest absolute Gasteiger partial charge is 0.209 e. The third kappa shape index (κ3) is 4.47. The van der Waals surface area contributed by atoms with E-state index in [1.54, 1.807) is 0 Å². The number of anilines is 1. The van der Waals surface area contributed by atoms with Crippen LogP contribution in [0.15, 0.2) is 24.3 Å². The maximum atomic E-state index is 11.0. The van der Waals surface area contributed by atoms with Gasteiger partial charge in [-0.3, -0.25) is 0 Å². The van der Waals surface area contributed by atoms with Crippen LogP contribution in [-0.4, -0.2) is 39.5 Å². The van der Waals surface area contributed by atoms with Crippen molar-refractivity contribution in [2.45, 2.75) is 19.4 Å². The Morgan fingerprint density at radius 2 is 1.85 bits per heavy atom. The highest BCUT2D eigenvalue weighted by molar-refractivity contribution is 7.88. The number of nitrogens with one attached hydrogen (secondary N) is 1. The van der Waals surface area contributed by atoms with Gasteiger partial charge in [0.1, 0.15) is 0 Å². The molecule has 0 saturated carbocycles. The number of nitrogens with zero attached hydrogens (tertiary/aromatic N) is 1. The first kappa shape index (κ1) is 15.3. The quantitative estimate of drug-likeness (QED) is 0.849. The summed E-state index contributed by atoms with van der Waals surface area (Å²) in [6, 6.07) is 7.95. The second kappa shape index (κ2) is 6.56. The van der Waals surface area contributed by atoms with Crippen molar-refractivity contribution in [1.82, 2.24) is 4.72 Å². The molecule has 0 spiro atoms. The lowest BCUT2D eigenvalue weighted by Gasteiger charge is -2.33. The predicted molar refractivity (Wildman–Crippen MR) is 80.1 cm³/mol. The highest BCUT2D eigenvalue weighted by atomic mass is 32.2. The molecule has 20 heavy (non-hydrogen) atoms. The lowest BCUT2D eigenvalue weighted by atomic mass is 9.97. The van der Waals surface area contributed by atoms with Crippen LogP contribution in [0.1, 0.15) is 18.4 Å². The van der Waals surface area contributed by atoms with Gasteiger partial charge >= 0.3 is 0 Å². The zero-order valence-corrected chi connectivity index (χ0v) is 12.6. The van der Waals surface area contributed by atoms with Gasteiger partial charge in [-0.1, -0.05) is 12.1 Å². The fraction of sp³-hybridized carbons (Fsp3) is 0.571. The molecule has 1 saturated heterocycles. The fourth-order valence-corrected chi connectivity index (χ4v) is 2.84. The average molecular weight is 298 g/mol. The Balaban J connectivity index is 1.92. The molecule has 0 amide bonds. The molecule has 5 nitrogen and oxygen atoms in total. The number of hydrogen-bond donors (Lipinski definition) is 2. The summed E-state index contributed by atoms with van der Waals surface area (Å²) in [5, 5.41) is 9.13. The minimum atomic E-state index is -3.15. The number of hydrogen-bond acceptors (Lipinski definition) is 4. The van der Waals surface area contributed by atoms with Crippen molar-refractivity contribution in [3.63, 3.8) is 0 Å². The Kier molecular flexibility index (Phi) is 5.01. The molecule has 1 heterocycles. The molecule has 2 rings (SSSR count). The maximum absolute atomic E-state index is 11.0. The summed E-state index contributed by atoms with van der Waals surface area (Å²) in [5.74, 6) is 0.435. The standard InChI is InChI=1S/C14H22N2O3S/c1-20(18,19)15-10-12-2-4-14(5-3-12)16-8-6-13(11-17)7-9-16/h2-5,13,15,17H,6-11H2,1H3. The molecule has 0 atom stereocenters. The van der Waals surface area contributed by atoms with Crippen LogP contribution in [0.5, 0.6) is 0 Å². The molecule has 0 bridgehead atoms. The van der Waals surface area contributed by atoms with E-state index < -0.39 is 10.0 Å². The highest BCUT2D eigenvalue weighted by Crippen LogP contribution is 2.23. The van der Waals surface area contributed by atoms with Crippen LogP contribution in [-0.2, 0) is 16.6 Å². The Morgan fingerprint density at radius 1 is 1.25 bits per heavy atom. The topological polar surface area (TPSA) is 69.6 Å². The van der Waals surface area contributed by atoms with E-state index in [1.807, 2.05) is 24.3 Å². The van der Waals surface area contributed by atoms with Crippen LogP contribution >= 0.6 is 0 Å². The summed E-state index contributed by atoms with van der Waals surface area (Å²) in [5.41, 5.74) is 2.11. The lowest BCUT2D eigenvalue weighted by Crippen LogP contribution is -2.34. The molecule has 6 heteroatoms. The van der Waals surface area contributed by atoms with Crippen molar-refractivity contribution in [2.24, 2.45) is 5.92 Å². The first-order valence-corrected chi connectivity index (χ1v) is 8.76. The first-order valence-electron chi connectivity index (χ1n) is 6.87. The van der Waals surface area contributed by atoms with Crippen LogP contribution < -0.4 is 9.62 Å². The second-order valence-electron chi connectivity index (χ2n) is 5.37. The van der Waals surface area contributed by atoms with Crippen molar-refractivity contribution < 1.29 is 13.5 Å². The number of aliphatic hydroxyl groups is 1. The number of rotatable bonds is 5. The maximum Gasteiger partial charge on any atom is 0.209 e. The first-order chi connectivity index (χ1) is 9.48. The minimum Gasteiger partial charge on any atom is -0.396 e. The van der Waals surface area contributed by atoms with E-state index in [9.17, 15) is 8.42 Å². The largest absolute Gasteiger partial charge is 0.396 e. The van der Waals surface area contributed by atoms with E-state index in [2.05, 4.69) is 9.62 Å². The van der Waals surface area contributed by atoms with E-state index in [0.29, 0.717) is 12.5 Å². The van der Waals surface area contributed by atoms with Gasteiger partial charge in [0.2, 0.25) is 10.0 Å². The average Bonchev–Trinajstić information content (AvgIpc) is 2.45. The monoisotopic (exact) mass is 298 g/mol. The summed E-state index contributed by atoms with van der Waals surface area (Å²) in [7, 11) is -3.15. The molecular weight excluding hydrogens is 276 g/mol. The molecule has 0 unspecified atom stereocenters. The zero-order valence-electron chi connectivity index (χ0n) is 11.7. The van der Waals surface area contributed by atoms with Crippen LogP contribution in [0, 0.1) is 5.92 Å². The molecule has 1 aliphatic rings. The molecule has 1 aromatic rings. The summed E-state index contributed by atoms with van der Waals surface area (Å²) in [6.45, 7) is 2.54. The van der Waals surface area contributed by atoms with E-state index in [1.165, 1.54) is 0 Å². The summed E-state index contributed by atoms with van der Waals surface area (Å²) < 4.78 is 24.6. The van der Waals surface area contributed by atoms with E-state index >= 15 is 0 Å². The summed E-state index contributed by atoms with van der Waals surface area (Å²) in [6.07, 6.45) is 3.20. The second-order valence-corrected chi connectivity index (χ2v) is 7.21. The third-order valence-electron chi connectivity index (χ3n) is 3.71. The number of benzene rings is 1. The lowest BCUT2D eigenvalue weighted by molar-refractivity contribution is 0.203. The molecule has 0 aliphatic carbocycles. The number of aliphatic hydroxyl groups excluding tert-OH is 1. The minimum absolute atomic E-state index is 0.282. The van der Waals surface area contributed by atoms with Gasteiger partial charge in [-0.2, -0.15) is 0 Å². The van der Waals surface area contributed by atoms with E-state index in [-0.39, 0.29) is 6.61 Å². The Labute approximate surface area is 120 Å². The Hall–Kier alpha value is -1.11. The molecule has 2 N–H and O–H groups in total. The van der Waals surface area contributed by atoms with Gasteiger partial charge in [-0.25, -0.2) is 13.1 Å². The fourth-order valence-electron chi connectivity index (χ4n) is 2.41. The van der Waals surface area contributed by atoms with Crippen LogP contribution in [0.3, 0.4) is 0 Å². The summed E-state index contributed by atoms with van der Waals surface area (Å²) in [4.78, 5) is 2.31. The molecule has 1 aliphatic heterocycles. The van der Waals surface area contributed by atoms with Gasteiger partial charge < -0.3 is 10.0 Å². The molecule has 112 valence electrons. The van der Waals surface area contributed by atoms with Gasteiger partial charge in [0, 0.05) is 31.9 Å². The van der Waals surface area contributed by atoms with Crippen molar-refractivity contribution in [2.75, 3.05) is 30.9 Å². The van der Waals surface area contributed by atoms with Crippen molar-refractivity contribution >= 4 is 15.7 Å². The van der Waals surface area contributed by atoms with Gasteiger partial charge in [0.05, 0.1) is 6.26 Å². The summed E-state index contributed by atoms with van der Waals surface area (Å²) >= 11 is 0. The Bertz CT molecular complexity index is 520. The van der Waals surface area contributed by atoms with E-state index in [4.69, 9.17) is 5.11 Å². The van der Waals surface area contributed by atoms with Gasteiger partial charge in [-0.15, -0.1) is 0 Å². The zero-order chi connectivity index (χ0) is 14.6. The highest BCUT2D eigenvalue weighted by Gasteiger charge is 2.18. The SMILES string of the molecule is CS(=O)(=O)NCc1ccc(N2CCC(CO)CC2)cc1. The number of piperidine rings is 1. The molecule has 1 aromatic carbocycles. The van der Waals surface area contributed by atoms with Crippen LogP contribution in [0.2, 0.25) is 0 Å². The van der Waals surface area contributed by atoms with E-state index in [0.717, 1.165) is 43.4 Å². The van der Waals surface area contributed by atoms with Crippen LogP contribution in [0.25, 0.3) is 0 Å². The van der Waals surface area contributed by atoms with Crippen LogP contribution in [0.4, 0.5) is 5.69 Å². The normalized spacial score (nSPS) is 17.4. The van der Waals surface area contributed by atoms with Crippen molar-refractivity contribution in [3.05, 3.63) is 29.8 Å². The van der Waals surface area contributed by atoms with Crippen molar-refractivity contribution in [3.8, 4) is 0 Å². The molecule has 0 aromatic heterocycles. The number of sulfonamides is 1. The van der Waals surface area contributed by atoms with Gasteiger partial charge in [-0.05, 0) is 36.5 Å². The Morgan fingerprint density at radius 3 is 2.35 bits per heavy atom.